The van der Waals surface area contributed by atoms with Gasteiger partial charge in [0, 0.05) is 12.6 Å². The van der Waals surface area contributed by atoms with Crippen molar-refractivity contribution < 1.29 is 10.0 Å². The molecular weight excluding hydrogens is 244 g/mol. The zero-order valence-corrected chi connectivity index (χ0v) is 10.1. The normalized spacial score (nSPS) is 14.1. The van der Waals surface area contributed by atoms with Crippen LogP contribution in [0.4, 0.5) is 5.69 Å². The highest BCUT2D eigenvalue weighted by Gasteiger charge is 2.20. The molecule has 94 valence electrons. The molecular formula is C11H15ClN2O3. The first kappa shape index (κ1) is 13.7. The maximum atomic E-state index is 10.5. The smallest absolute Gasteiger partial charge is 0.310 e. The van der Waals surface area contributed by atoms with Crippen molar-refractivity contribution in [3.05, 3.63) is 33.9 Å². The lowest BCUT2D eigenvalue weighted by molar-refractivity contribution is -0.385. The van der Waals surface area contributed by atoms with Crippen LogP contribution < -0.4 is 5.32 Å². The molecule has 0 heterocycles. The van der Waals surface area contributed by atoms with Crippen molar-refractivity contribution in [1.29, 1.82) is 0 Å². The van der Waals surface area contributed by atoms with Gasteiger partial charge in [-0.1, -0.05) is 6.07 Å². The number of phenols is 1. The van der Waals surface area contributed by atoms with Crippen molar-refractivity contribution in [3.8, 4) is 5.75 Å². The van der Waals surface area contributed by atoms with E-state index in [1.807, 2.05) is 0 Å². The van der Waals surface area contributed by atoms with E-state index in [0.29, 0.717) is 6.54 Å². The summed E-state index contributed by atoms with van der Waals surface area (Å²) in [7, 11) is 0. The first-order valence-corrected chi connectivity index (χ1v) is 5.34. The number of nitro benzene ring substituents is 1. The Morgan fingerprint density at radius 3 is 2.71 bits per heavy atom. The Morgan fingerprint density at radius 2 is 2.18 bits per heavy atom. The van der Waals surface area contributed by atoms with Gasteiger partial charge in [-0.15, -0.1) is 12.4 Å². The van der Waals surface area contributed by atoms with Crippen molar-refractivity contribution in [3.63, 3.8) is 0 Å². The number of nitrogens with one attached hydrogen (secondary N) is 1. The van der Waals surface area contributed by atoms with E-state index < -0.39 is 4.92 Å². The van der Waals surface area contributed by atoms with E-state index in [0.717, 1.165) is 18.0 Å². The number of aromatic hydroxyl groups is 1. The molecule has 0 aliphatic heterocycles. The first-order valence-electron chi connectivity index (χ1n) is 5.34. The van der Waals surface area contributed by atoms with Gasteiger partial charge in [0.2, 0.25) is 0 Å². The summed E-state index contributed by atoms with van der Waals surface area (Å²) in [5.41, 5.74) is 0.620. The SMILES string of the molecule is Cl.O=[N+]([O-])c1ccc(CNCC2CC2)cc1O. The van der Waals surface area contributed by atoms with Crippen molar-refractivity contribution in [2.24, 2.45) is 5.92 Å². The highest BCUT2D eigenvalue weighted by atomic mass is 35.5. The predicted molar refractivity (Wildman–Crippen MR) is 66.4 cm³/mol. The van der Waals surface area contributed by atoms with E-state index in [1.54, 1.807) is 6.07 Å². The van der Waals surface area contributed by atoms with E-state index in [2.05, 4.69) is 5.32 Å². The van der Waals surface area contributed by atoms with Crippen LogP contribution in [0.25, 0.3) is 0 Å². The maximum Gasteiger partial charge on any atom is 0.310 e. The minimum absolute atomic E-state index is 0. The van der Waals surface area contributed by atoms with E-state index in [1.165, 1.54) is 25.0 Å². The molecule has 5 nitrogen and oxygen atoms in total. The Balaban J connectivity index is 0.00000144. The summed E-state index contributed by atoms with van der Waals surface area (Å²) in [6.45, 7) is 1.62. The van der Waals surface area contributed by atoms with E-state index in [9.17, 15) is 15.2 Å². The molecule has 1 aliphatic carbocycles. The van der Waals surface area contributed by atoms with Crippen molar-refractivity contribution in [1.82, 2.24) is 5.32 Å². The van der Waals surface area contributed by atoms with Crippen LogP contribution in [0.2, 0.25) is 0 Å². The predicted octanol–water partition coefficient (Wildman–Crippen LogP) is 2.22. The van der Waals surface area contributed by atoms with Gasteiger partial charge >= 0.3 is 5.69 Å². The number of hydrogen-bond acceptors (Lipinski definition) is 4. The number of rotatable bonds is 5. The van der Waals surface area contributed by atoms with Crippen LogP contribution in [0.3, 0.4) is 0 Å². The molecule has 2 rings (SSSR count). The Kier molecular flexibility index (Phi) is 4.72. The lowest BCUT2D eigenvalue weighted by Gasteiger charge is -2.04. The number of nitro groups is 1. The van der Waals surface area contributed by atoms with E-state index in [-0.39, 0.29) is 23.8 Å². The van der Waals surface area contributed by atoms with Gasteiger partial charge in [0.15, 0.2) is 5.75 Å². The minimum atomic E-state index is -0.587. The summed E-state index contributed by atoms with van der Waals surface area (Å²) in [5, 5.41) is 23.1. The zero-order chi connectivity index (χ0) is 11.5. The highest BCUT2D eigenvalue weighted by Crippen LogP contribution is 2.28. The van der Waals surface area contributed by atoms with Crippen molar-refractivity contribution in [2.75, 3.05) is 6.54 Å². The molecule has 0 atom stereocenters. The molecule has 1 aromatic carbocycles. The fourth-order valence-electron chi connectivity index (χ4n) is 1.58. The van der Waals surface area contributed by atoms with Gasteiger partial charge in [0.25, 0.3) is 0 Å². The number of hydrogen-bond donors (Lipinski definition) is 2. The lowest BCUT2D eigenvalue weighted by Crippen LogP contribution is -2.15. The quantitative estimate of drug-likeness (QED) is 0.627. The van der Waals surface area contributed by atoms with Crippen LogP contribution in [0.15, 0.2) is 18.2 Å². The zero-order valence-electron chi connectivity index (χ0n) is 9.26. The number of halogens is 1. The van der Waals surface area contributed by atoms with Crippen LogP contribution in [0.5, 0.6) is 5.75 Å². The van der Waals surface area contributed by atoms with Gasteiger partial charge in [-0.25, -0.2) is 0 Å². The fourth-order valence-corrected chi connectivity index (χ4v) is 1.58. The topological polar surface area (TPSA) is 75.4 Å². The number of benzene rings is 1. The van der Waals surface area contributed by atoms with Gasteiger partial charge in [-0.2, -0.15) is 0 Å². The molecule has 2 N–H and O–H groups in total. The Bertz CT molecular complexity index is 408. The summed E-state index contributed by atoms with van der Waals surface area (Å²) < 4.78 is 0. The Labute approximate surface area is 105 Å². The third-order valence-electron chi connectivity index (χ3n) is 2.70. The molecule has 0 aromatic heterocycles. The second-order valence-electron chi connectivity index (χ2n) is 4.15. The fraction of sp³-hybridized carbons (Fsp3) is 0.455. The van der Waals surface area contributed by atoms with Gasteiger partial charge in [-0.05, 0) is 36.9 Å². The largest absolute Gasteiger partial charge is 0.502 e. The average Bonchev–Trinajstić information content (AvgIpc) is 3.01. The number of phenolic OH excluding ortho intramolecular Hbond substituents is 1. The molecule has 6 heteroatoms. The Hall–Kier alpha value is -1.33. The van der Waals surface area contributed by atoms with E-state index in [4.69, 9.17) is 0 Å². The second kappa shape index (κ2) is 5.84. The third kappa shape index (κ3) is 3.87. The van der Waals surface area contributed by atoms with Crippen LogP contribution in [0, 0.1) is 16.0 Å². The molecule has 0 amide bonds. The van der Waals surface area contributed by atoms with E-state index >= 15 is 0 Å². The molecule has 1 fully saturated rings. The van der Waals surface area contributed by atoms with Crippen LogP contribution >= 0.6 is 12.4 Å². The molecule has 17 heavy (non-hydrogen) atoms. The standard InChI is InChI=1S/C11H14N2O3.ClH/c14-11-5-9(3-4-10(11)13(15)16)7-12-6-8-1-2-8;/h3-5,8,12,14H,1-2,6-7H2;1H. The summed E-state index contributed by atoms with van der Waals surface area (Å²) in [6, 6.07) is 4.44. The molecule has 1 saturated carbocycles. The average molecular weight is 259 g/mol. The Morgan fingerprint density at radius 1 is 1.47 bits per heavy atom. The monoisotopic (exact) mass is 258 g/mol. The van der Waals surface area contributed by atoms with Crippen LogP contribution in [0.1, 0.15) is 18.4 Å². The molecule has 0 bridgehead atoms. The molecule has 0 unspecified atom stereocenters. The summed E-state index contributed by atoms with van der Waals surface area (Å²) >= 11 is 0. The lowest BCUT2D eigenvalue weighted by atomic mass is 10.2. The summed E-state index contributed by atoms with van der Waals surface area (Å²) in [5.74, 6) is 0.530. The minimum Gasteiger partial charge on any atom is -0.502 e. The second-order valence-corrected chi connectivity index (χ2v) is 4.15. The van der Waals surface area contributed by atoms with Gasteiger partial charge in [-0.3, -0.25) is 10.1 Å². The van der Waals surface area contributed by atoms with Gasteiger partial charge in [0.05, 0.1) is 4.92 Å². The highest BCUT2D eigenvalue weighted by molar-refractivity contribution is 5.85. The van der Waals surface area contributed by atoms with Crippen LogP contribution in [-0.2, 0) is 6.54 Å². The third-order valence-corrected chi connectivity index (χ3v) is 2.70. The van der Waals surface area contributed by atoms with Crippen molar-refractivity contribution >= 4 is 18.1 Å². The van der Waals surface area contributed by atoms with Crippen LogP contribution in [-0.4, -0.2) is 16.6 Å². The molecule has 0 saturated heterocycles. The van der Waals surface area contributed by atoms with Gasteiger partial charge in [0.1, 0.15) is 0 Å². The number of nitrogens with zero attached hydrogens (tertiary/aromatic N) is 1. The molecule has 0 radical (unpaired) electrons. The molecule has 0 spiro atoms. The molecule has 1 aliphatic rings. The van der Waals surface area contributed by atoms with Gasteiger partial charge < -0.3 is 10.4 Å². The first-order chi connectivity index (χ1) is 7.66. The van der Waals surface area contributed by atoms with Crippen molar-refractivity contribution in [2.45, 2.75) is 19.4 Å². The maximum absolute atomic E-state index is 10.5. The summed E-state index contributed by atoms with van der Waals surface area (Å²) in [6.07, 6.45) is 2.58. The molecule has 1 aromatic rings. The summed E-state index contributed by atoms with van der Waals surface area (Å²) in [4.78, 5) is 9.89.